The Bertz CT molecular complexity index is 174. The molecule has 4 N–H and O–H groups in total. The summed E-state index contributed by atoms with van der Waals surface area (Å²) in [5.41, 5.74) is 4.95. The molecule has 0 spiro atoms. The third-order valence-electron chi connectivity index (χ3n) is 1.25. The molecule has 0 aliphatic heterocycles. The second-order valence-corrected chi connectivity index (χ2v) is 3.17. The van der Waals surface area contributed by atoms with Gasteiger partial charge in [0.25, 0.3) is 0 Å². The van der Waals surface area contributed by atoms with Crippen molar-refractivity contribution < 1.29 is 14.7 Å². The van der Waals surface area contributed by atoms with E-state index in [0.29, 0.717) is 12.2 Å². The Morgan fingerprint density at radius 1 is 1.67 bits per heavy atom. The van der Waals surface area contributed by atoms with Crippen molar-refractivity contribution in [3.05, 3.63) is 0 Å². The molecule has 70 valence electrons. The van der Waals surface area contributed by atoms with Crippen molar-refractivity contribution in [1.29, 1.82) is 0 Å². The van der Waals surface area contributed by atoms with Gasteiger partial charge in [-0.3, -0.25) is 4.79 Å². The van der Waals surface area contributed by atoms with Crippen molar-refractivity contribution in [3.63, 3.8) is 0 Å². The fourth-order valence-corrected chi connectivity index (χ4v) is 1.14. The molecule has 2 amide bonds. The maximum atomic E-state index is 10.6. The summed E-state index contributed by atoms with van der Waals surface area (Å²) in [6, 6.07) is -0.769. The van der Waals surface area contributed by atoms with E-state index in [1.807, 2.05) is 11.6 Å². The Morgan fingerprint density at radius 2 is 2.25 bits per heavy atom. The molecule has 1 atom stereocenters. The molecule has 0 aromatic heterocycles. The van der Waals surface area contributed by atoms with E-state index >= 15 is 0 Å². The second kappa shape index (κ2) is 5.70. The van der Waals surface area contributed by atoms with Gasteiger partial charge in [0.2, 0.25) is 5.91 Å². The highest BCUT2D eigenvalue weighted by Crippen LogP contribution is 1.99. The molecule has 0 heterocycles. The molecule has 0 bridgehead atoms. The largest absolute Gasteiger partial charge is 0.465 e. The quantitative estimate of drug-likeness (QED) is 0.565. The highest BCUT2D eigenvalue weighted by Gasteiger charge is 2.16. The summed E-state index contributed by atoms with van der Waals surface area (Å²) in [5, 5.41) is 10.3. The molecule has 6 heteroatoms. The number of amides is 2. The van der Waals surface area contributed by atoms with Crippen LogP contribution in [0.25, 0.3) is 0 Å². The number of thioether (sulfide) groups is 1. The van der Waals surface area contributed by atoms with Crippen LogP contribution in [0.4, 0.5) is 4.79 Å². The molecule has 0 radical (unpaired) electrons. The molecular formula is C6H12N2O3S. The van der Waals surface area contributed by atoms with Crippen LogP contribution < -0.4 is 11.1 Å². The molecule has 0 rings (SSSR count). The lowest BCUT2D eigenvalue weighted by Gasteiger charge is -2.11. The van der Waals surface area contributed by atoms with E-state index in [0.717, 1.165) is 0 Å². The van der Waals surface area contributed by atoms with Crippen LogP contribution in [0, 0.1) is 0 Å². The molecule has 0 saturated carbocycles. The molecular weight excluding hydrogens is 180 g/mol. The lowest BCUT2D eigenvalue weighted by atomic mass is 10.2. The van der Waals surface area contributed by atoms with Gasteiger partial charge in [0.05, 0.1) is 0 Å². The molecule has 0 aromatic carbocycles. The number of carbonyl (C=O) groups is 2. The average Bonchev–Trinajstić information content (AvgIpc) is 1.96. The minimum Gasteiger partial charge on any atom is -0.465 e. The first-order valence-electron chi connectivity index (χ1n) is 3.35. The zero-order chi connectivity index (χ0) is 9.56. The number of nitrogens with one attached hydrogen (secondary N) is 1. The molecule has 5 nitrogen and oxygen atoms in total. The number of carbonyl (C=O) groups excluding carboxylic acids is 1. The van der Waals surface area contributed by atoms with Gasteiger partial charge in [-0.15, -0.1) is 0 Å². The van der Waals surface area contributed by atoms with E-state index in [2.05, 4.69) is 0 Å². The summed E-state index contributed by atoms with van der Waals surface area (Å²) < 4.78 is 0. The molecule has 0 fully saturated rings. The van der Waals surface area contributed by atoms with Crippen molar-refractivity contribution in [2.75, 3.05) is 12.0 Å². The predicted octanol–water partition coefficient (Wildman–Crippen LogP) is -0.139. The van der Waals surface area contributed by atoms with Gasteiger partial charge in [0, 0.05) is 0 Å². The smallest absolute Gasteiger partial charge is 0.405 e. The van der Waals surface area contributed by atoms with Crippen molar-refractivity contribution >= 4 is 23.8 Å². The van der Waals surface area contributed by atoms with Gasteiger partial charge >= 0.3 is 6.09 Å². The number of rotatable bonds is 5. The van der Waals surface area contributed by atoms with Gasteiger partial charge in [-0.1, -0.05) is 0 Å². The van der Waals surface area contributed by atoms with Crippen molar-refractivity contribution in [1.82, 2.24) is 5.32 Å². The van der Waals surface area contributed by atoms with Gasteiger partial charge < -0.3 is 16.2 Å². The van der Waals surface area contributed by atoms with E-state index in [9.17, 15) is 9.59 Å². The zero-order valence-electron chi connectivity index (χ0n) is 6.74. The number of primary amides is 1. The minimum atomic E-state index is -1.22. The van der Waals surface area contributed by atoms with Gasteiger partial charge in [-0.05, 0) is 18.4 Å². The van der Waals surface area contributed by atoms with E-state index in [1.165, 1.54) is 11.8 Å². The van der Waals surface area contributed by atoms with Crippen molar-refractivity contribution in [2.45, 2.75) is 12.5 Å². The molecule has 0 unspecified atom stereocenters. The number of carboxylic acid groups (broad SMARTS) is 1. The molecule has 12 heavy (non-hydrogen) atoms. The Hall–Kier alpha value is -0.910. The predicted molar refractivity (Wildman–Crippen MR) is 47.1 cm³/mol. The summed E-state index contributed by atoms with van der Waals surface area (Å²) in [5.74, 6) is 0.0694. The van der Waals surface area contributed by atoms with Crippen LogP contribution in [0.1, 0.15) is 6.42 Å². The highest BCUT2D eigenvalue weighted by molar-refractivity contribution is 7.98. The summed E-state index contributed by atoms with van der Waals surface area (Å²) in [7, 11) is 0. The lowest BCUT2D eigenvalue weighted by molar-refractivity contribution is -0.119. The van der Waals surface area contributed by atoms with E-state index in [4.69, 9.17) is 10.8 Å². The number of hydrogen-bond acceptors (Lipinski definition) is 3. The van der Waals surface area contributed by atoms with Gasteiger partial charge in [0.15, 0.2) is 0 Å². The van der Waals surface area contributed by atoms with E-state index in [1.54, 1.807) is 0 Å². The Morgan fingerprint density at radius 3 is 2.58 bits per heavy atom. The fraction of sp³-hybridized carbons (Fsp3) is 0.667. The highest BCUT2D eigenvalue weighted by atomic mass is 32.2. The first-order valence-corrected chi connectivity index (χ1v) is 4.75. The Kier molecular flexibility index (Phi) is 5.27. The SMILES string of the molecule is CSCC[C@@H](NC(=O)O)C(N)=O. The maximum Gasteiger partial charge on any atom is 0.405 e. The van der Waals surface area contributed by atoms with Gasteiger partial charge in [-0.25, -0.2) is 4.79 Å². The first kappa shape index (κ1) is 11.1. The Labute approximate surface area is 74.7 Å². The summed E-state index contributed by atoms with van der Waals surface area (Å²) in [4.78, 5) is 20.8. The third kappa shape index (κ3) is 4.84. The standard InChI is InChI=1S/C6H12N2O3S/c1-12-3-2-4(5(7)9)8-6(10)11/h4,8H,2-3H2,1H3,(H2,7,9)(H,10,11)/t4-/m1/s1. The van der Waals surface area contributed by atoms with Crippen LogP contribution in [-0.4, -0.2) is 35.2 Å². The van der Waals surface area contributed by atoms with Gasteiger partial charge in [0.1, 0.15) is 6.04 Å². The van der Waals surface area contributed by atoms with Crippen molar-refractivity contribution in [3.8, 4) is 0 Å². The monoisotopic (exact) mass is 192 g/mol. The van der Waals surface area contributed by atoms with Crippen LogP contribution in [0.2, 0.25) is 0 Å². The van der Waals surface area contributed by atoms with Crippen LogP contribution in [0.15, 0.2) is 0 Å². The van der Waals surface area contributed by atoms with Crippen LogP contribution >= 0.6 is 11.8 Å². The lowest BCUT2D eigenvalue weighted by Crippen LogP contribution is -2.44. The summed E-state index contributed by atoms with van der Waals surface area (Å²) in [6.07, 6.45) is 1.08. The van der Waals surface area contributed by atoms with E-state index < -0.39 is 18.0 Å². The molecule has 0 aliphatic rings. The average molecular weight is 192 g/mol. The van der Waals surface area contributed by atoms with Crippen LogP contribution in [0.3, 0.4) is 0 Å². The topological polar surface area (TPSA) is 92.4 Å². The number of hydrogen-bond donors (Lipinski definition) is 3. The second-order valence-electron chi connectivity index (χ2n) is 2.19. The first-order chi connectivity index (χ1) is 5.57. The van der Waals surface area contributed by atoms with Crippen molar-refractivity contribution in [2.24, 2.45) is 5.73 Å². The zero-order valence-corrected chi connectivity index (χ0v) is 7.56. The number of nitrogens with two attached hydrogens (primary N) is 1. The minimum absolute atomic E-state index is 0.433. The third-order valence-corrected chi connectivity index (χ3v) is 1.90. The fourth-order valence-electron chi connectivity index (χ4n) is 0.670. The summed E-state index contributed by atoms with van der Waals surface area (Å²) in [6.45, 7) is 0. The molecule has 0 aliphatic carbocycles. The molecule has 0 aromatic rings. The van der Waals surface area contributed by atoms with E-state index in [-0.39, 0.29) is 0 Å². The summed E-state index contributed by atoms with van der Waals surface area (Å²) >= 11 is 1.53. The van der Waals surface area contributed by atoms with Gasteiger partial charge in [-0.2, -0.15) is 11.8 Å². The Balaban J connectivity index is 3.87. The normalized spacial score (nSPS) is 12.1. The molecule has 0 saturated heterocycles. The van der Waals surface area contributed by atoms with Crippen LogP contribution in [0.5, 0.6) is 0 Å². The van der Waals surface area contributed by atoms with Crippen LogP contribution in [-0.2, 0) is 4.79 Å². The maximum absolute atomic E-state index is 10.6.